The molecule has 10 heteroatoms. The zero-order chi connectivity index (χ0) is 25.2. The average Bonchev–Trinajstić information content (AvgIpc) is 3.13. The smallest absolute Gasteiger partial charge is 0.295 e. The molecule has 1 atom stereocenters. The predicted molar refractivity (Wildman–Crippen MR) is 131 cm³/mol. The van der Waals surface area contributed by atoms with Gasteiger partial charge in [-0.1, -0.05) is 12.5 Å². The van der Waals surface area contributed by atoms with Gasteiger partial charge in [-0.25, -0.2) is 12.7 Å². The highest BCUT2D eigenvalue weighted by molar-refractivity contribution is 7.89. The molecule has 186 valence electrons. The van der Waals surface area contributed by atoms with Gasteiger partial charge in [0.05, 0.1) is 16.5 Å². The summed E-state index contributed by atoms with van der Waals surface area (Å²) in [6.45, 7) is 2.91. The molecule has 1 unspecified atom stereocenters. The van der Waals surface area contributed by atoms with E-state index in [4.69, 9.17) is 0 Å². The van der Waals surface area contributed by atoms with Crippen LogP contribution in [0.3, 0.4) is 0 Å². The van der Waals surface area contributed by atoms with Crippen LogP contribution in [0.2, 0.25) is 0 Å². The first-order valence-corrected chi connectivity index (χ1v) is 13.1. The van der Waals surface area contributed by atoms with E-state index in [0.717, 1.165) is 30.2 Å². The molecule has 3 heterocycles. The number of ketones is 1. The number of aromatic nitrogens is 1. The molecule has 2 aromatic rings. The summed E-state index contributed by atoms with van der Waals surface area (Å²) in [7, 11) is -0.779. The van der Waals surface area contributed by atoms with Gasteiger partial charge in [-0.05, 0) is 61.8 Å². The lowest BCUT2D eigenvalue weighted by atomic mass is 9.96. The Hall–Kier alpha value is -3.08. The van der Waals surface area contributed by atoms with Crippen LogP contribution in [-0.4, -0.2) is 84.6 Å². The summed E-state index contributed by atoms with van der Waals surface area (Å²) in [6, 6.07) is 8.34. The number of piperidine rings is 1. The van der Waals surface area contributed by atoms with Gasteiger partial charge in [0.25, 0.3) is 11.7 Å². The number of aliphatic hydroxyl groups excluding tert-OH is 1. The fraction of sp³-hybridized carbons (Fsp3) is 0.400. The topological polar surface area (TPSA) is 111 Å². The zero-order valence-corrected chi connectivity index (χ0v) is 20.7. The van der Waals surface area contributed by atoms with Crippen molar-refractivity contribution in [3.8, 4) is 0 Å². The molecule has 2 aliphatic rings. The van der Waals surface area contributed by atoms with Crippen LogP contribution in [0.4, 0.5) is 0 Å². The molecular weight excluding hydrogens is 468 g/mol. The molecule has 35 heavy (non-hydrogen) atoms. The minimum atomic E-state index is -3.65. The third-order valence-electron chi connectivity index (χ3n) is 6.55. The number of likely N-dealkylation sites (tertiary alicyclic amines) is 2. The van der Waals surface area contributed by atoms with Crippen molar-refractivity contribution in [2.24, 2.45) is 0 Å². The number of nitrogens with zero attached hydrogens (tertiary/aromatic N) is 4. The van der Waals surface area contributed by atoms with Crippen molar-refractivity contribution in [2.75, 3.05) is 40.3 Å². The Morgan fingerprint density at radius 1 is 1.06 bits per heavy atom. The zero-order valence-electron chi connectivity index (χ0n) is 19.9. The Bertz CT molecular complexity index is 1220. The fourth-order valence-corrected chi connectivity index (χ4v) is 5.48. The molecule has 0 spiro atoms. The number of carbonyl (C=O) groups is 2. The van der Waals surface area contributed by atoms with Crippen molar-refractivity contribution >= 4 is 27.5 Å². The molecular formula is C25H30N4O5S. The maximum atomic E-state index is 13.1. The normalized spacial score (nSPS) is 21.1. The lowest BCUT2D eigenvalue weighted by Gasteiger charge is -2.30. The highest BCUT2D eigenvalue weighted by Crippen LogP contribution is 2.39. The molecule has 4 rings (SSSR count). The van der Waals surface area contributed by atoms with Gasteiger partial charge in [-0.15, -0.1) is 0 Å². The molecule has 2 saturated heterocycles. The number of carbonyl (C=O) groups excluding carboxylic acids is 2. The minimum absolute atomic E-state index is 0.0233. The maximum Gasteiger partial charge on any atom is 0.295 e. The van der Waals surface area contributed by atoms with Crippen molar-refractivity contribution in [3.63, 3.8) is 0 Å². The Morgan fingerprint density at radius 2 is 1.74 bits per heavy atom. The summed E-state index contributed by atoms with van der Waals surface area (Å²) >= 11 is 0. The number of hydrogen-bond donors (Lipinski definition) is 1. The Labute approximate surface area is 205 Å². The summed E-state index contributed by atoms with van der Waals surface area (Å²) < 4.78 is 25.9. The van der Waals surface area contributed by atoms with Gasteiger partial charge in [0.15, 0.2) is 0 Å². The molecule has 1 aromatic carbocycles. The van der Waals surface area contributed by atoms with Gasteiger partial charge >= 0.3 is 0 Å². The van der Waals surface area contributed by atoms with Crippen molar-refractivity contribution in [2.45, 2.75) is 30.2 Å². The first-order chi connectivity index (χ1) is 16.7. The van der Waals surface area contributed by atoms with Crippen LogP contribution in [-0.2, 0) is 19.6 Å². The number of pyridine rings is 1. The van der Waals surface area contributed by atoms with Crippen molar-refractivity contribution in [1.29, 1.82) is 0 Å². The third kappa shape index (κ3) is 5.00. The van der Waals surface area contributed by atoms with Crippen LogP contribution in [0.15, 0.2) is 59.3 Å². The van der Waals surface area contributed by atoms with Crippen LogP contribution in [0.25, 0.3) is 5.76 Å². The first kappa shape index (κ1) is 25.0. The standard InChI is InChI=1S/C25H30N4O5S/c1-27(2)35(33,34)20-10-8-18(9-11-20)23(30)21-22(19-7-6-12-26-17-19)29(25(32)24(21)31)16-15-28-13-4-3-5-14-28/h6-12,17,22,30H,3-5,13-16H2,1-2H3/b23-21-. The first-order valence-electron chi connectivity index (χ1n) is 11.7. The van der Waals surface area contributed by atoms with E-state index >= 15 is 0 Å². The van der Waals surface area contributed by atoms with Crippen molar-refractivity contribution in [1.82, 2.24) is 19.1 Å². The Balaban J connectivity index is 1.71. The second-order valence-corrected chi connectivity index (χ2v) is 11.1. The van der Waals surface area contributed by atoms with E-state index in [-0.39, 0.29) is 21.8 Å². The predicted octanol–water partition coefficient (Wildman–Crippen LogP) is 2.24. The molecule has 0 radical (unpaired) electrons. The molecule has 2 aliphatic heterocycles. The molecule has 1 N–H and O–H groups in total. The second kappa shape index (κ2) is 10.3. The number of amides is 1. The van der Waals surface area contributed by atoms with E-state index in [0.29, 0.717) is 18.7 Å². The monoisotopic (exact) mass is 498 g/mol. The van der Waals surface area contributed by atoms with E-state index in [1.54, 1.807) is 24.5 Å². The van der Waals surface area contributed by atoms with Crippen LogP contribution in [0.5, 0.6) is 0 Å². The van der Waals surface area contributed by atoms with Gasteiger partial charge in [-0.2, -0.15) is 0 Å². The van der Waals surface area contributed by atoms with E-state index in [1.165, 1.54) is 49.7 Å². The van der Waals surface area contributed by atoms with E-state index in [1.807, 2.05) is 0 Å². The summed E-state index contributed by atoms with van der Waals surface area (Å²) in [4.78, 5) is 34.2. The number of Topliss-reactive ketones (excluding diaryl/α,β-unsaturated/α-hetero) is 1. The Kier molecular flexibility index (Phi) is 7.34. The van der Waals surface area contributed by atoms with Crippen LogP contribution in [0.1, 0.15) is 36.4 Å². The van der Waals surface area contributed by atoms with Gasteiger partial charge in [0.1, 0.15) is 5.76 Å². The third-order valence-corrected chi connectivity index (χ3v) is 8.38. The molecule has 2 fully saturated rings. The van der Waals surface area contributed by atoms with Crippen LogP contribution in [0, 0.1) is 0 Å². The van der Waals surface area contributed by atoms with Crippen molar-refractivity contribution in [3.05, 3.63) is 65.5 Å². The lowest BCUT2D eigenvalue weighted by molar-refractivity contribution is -0.140. The lowest BCUT2D eigenvalue weighted by Crippen LogP contribution is -2.40. The van der Waals surface area contributed by atoms with E-state index in [9.17, 15) is 23.1 Å². The largest absolute Gasteiger partial charge is 0.507 e. The van der Waals surface area contributed by atoms with E-state index < -0.39 is 27.8 Å². The molecule has 9 nitrogen and oxygen atoms in total. The number of rotatable bonds is 7. The summed E-state index contributed by atoms with van der Waals surface area (Å²) in [5.41, 5.74) is 0.856. The highest BCUT2D eigenvalue weighted by Gasteiger charge is 2.46. The maximum absolute atomic E-state index is 13.1. The fourth-order valence-electron chi connectivity index (χ4n) is 4.58. The molecule has 1 amide bonds. The Morgan fingerprint density at radius 3 is 2.34 bits per heavy atom. The van der Waals surface area contributed by atoms with Crippen LogP contribution >= 0.6 is 0 Å². The molecule has 1 aromatic heterocycles. The van der Waals surface area contributed by atoms with Crippen LogP contribution < -0.4 is 0 Å². The number of sulfonamides is 1. The van der Waals surface area contributed by atoms with Gasteiger partial charge in [-0.3, -0.25) is 14.6 Å². The average molecular weight is 499 g/mol. The van der Waals surface area contributed by atoms with Gasteiger partial charge in [0, 0.05) is 45.1 Å². The highest BCUT2D eigenvalue weighted by atomic mass is 32.2. The van der Waals surface area contributed by atoms with Crippen molar-refractivity contribution < 1.29 is 23.1 Å². The minimum Gasteiger partial charge on any atom is -0.507 e. The summed E-state index contributed by atoms with van der Waals surface area (Å²) in [5, 5.41) is 11.2. The quantitative estimate of drug-likeness (QED) is 0.354. The van der Waals surface area contributed by atoms with Gasteiger partial charge < -0.3 is 14.9 Å². The number of aliphatic hydroxyl groups is 1. The number of hydrogen-bond acceptors (Lipinski definition) is 7. The summed E-state index contributed by atoms with van der Waals surface area (Å²) in [5.74, 6) is -1.77. The van der Waals surface area contributed by atoms with Gasteiger partial charge in [0.2, 0.25) is 10.0 Å². The molecule has 0 saturated carbocycles. The summed E-state index contributed by atoms with van der Waals surface area (Å²) in [6.07, 6.45) is 6.62. The molecule has 0 bridgehead atoms. The molecule has 0 aliphatic carbocycles. The second-order valence-electron chi connectivity index (χ2n) is 8.99. The SMILES string of the molecule is CN(C)S(=O)(=O)c1ccc(/C(O)=C2/C(=O)C(=O)N(CCN3CCCCC3)C2c2cccnc2)cc1. The number of benzene rings is 1. The van der Waals surface area contributed by atoms with E-state index in [2.05, 4.69) is 9.88 Å².